The second-order valence-corrected chi connectivity index (χ2v) is 7.08. The van der Waals surface area contributed by atoms with Crippen molar-refractivity contribution in [1.82, 2.24) is 0 Å². The Hall–Kier alpha value is -1.88. The summed E-state index contributed by atoms with van der Waals surface area (Å²) in [6.07, 6.45) is 3.36. The van der Waals surface area contributed by atoms with E-state index in [9.17, 15) is 10.2 Å². The Morgan fingerprint density at radius 3 is 2.54 bits per heavy atom. The molecule has 26 heavy (non-hydrogen) atoms. The molecule has 2 aromatic rings. The minimum Gasteiger partial charge on any atom is -0.493 e. The molecule has 2 rings (SSSR count). The lowest BCUT2D eigenvalue weighted by molar-refractivity contribution is 0.115. The summed E-state index contributed by atoms with van der Waals surface area (Å²) in [7, 11) is 0. The van der Waals surface area contributed by atoms with Crippen molar-refractivity contribution < 1.29 is 14.9 Å². The highest BCUT2D eigenvalue weighted by Crippen LogP contribution is 2.32. The number of aliphatic hydroxyl groups excluding tert-OH is 2. The molecule has 0 amide bonds. The first-order chi connectivity index (χ1) is 12.5. The number of benzene rings is 2. The molecule has 0 spiro atoms. The lowest BCUT2D eigenvalue weighted by atomic mass is 9.92. The predicted octanol–water partition coefficient (Wildman–Crippen LogP) is 3.46. The average Bonchev–Trinajstić information content (AvgIpc) is 2.67. The third-order valence-corrected chi connectivity index (χ3v) is 4.67. The Morgan fingerprint density at radius 1 is 1.08 bits per heavy atom. The van der Waals surface area contributed by atoms with Gasteiger partial charge in [0, 0.05) is 5.56 Å². The van der Waals surface area contributed by atoms with Gasteiger partial charge in [-0.15, -0.1) is 0 Å². The lowest BCUT2D eigenvalue weighted by Crippen LogP contribution is -2.47. The summed E-state index contributed by atoms with van der Waals surface area (Å²) in [5, 5.41) is 18.7. The van der Waals surface area contributed by atoms with E-state index in [2.05, 4.69) is 38.1 Å². The molecule has 0 heterocycles. The maximum atomic E-state index is 9.36. The summed E-state index contributed by atoms with van der Waals surface area (Å²) in [5.74, 6) is 0.903. The first kappa shape index (κ1) is 20.4. The largest absolute Gasteiger partial charge is 0.493 e. The first-order valence-electron chi connectivity index (χ1n) is 9.34. The van der Waals surface area contributed by atoms with Crippen LogP contribution in [0.5, 0.6) is 5.75 Å². The fraction of sp³-hybridized carbons (Fsp3) is 0.455. The quantitative estimate of drug-likeness (QED) is 0.569. The molecule has 0 fully saturated rings. The molecule has 0 saturated carbocycles. The van der Waals surface area contributed by atoms with Gasteiger partial charge in [0.05, 0.1) is 25.4 Å². The molecular weight excluding hydrogens is 326 g/mol. The van der Waals surface area contributed by atoms with Crippen LogP contribution in [0.1, 0.15) is 37.3 Å². The molecule has 4 N–H and O–H groups in total. The van der Waals surface area contributed by atoms with Crippen molar-refractivity contribution in [3.05, 3.63) is 53.6 Å². The van der Waals surface area contributed by atoms with Gasteiger partial charge in [-0.1, -0.05) is 49.2 Å². The zero-order valence-electron chi connectivity index (χ0n) is 15.9. The molecule has 0 bridgehead atoms. The minimum absolute atomic E-state index is 0.226. The number of hydrogen-bond acceptors (Lipinski definition) is 4. The van der Waals surface area contributed by atoms with Crippen molar-refractivity contribution in [2.75, 3.05) is 19.8 Å². The van der Waals surface area contributed by atoms with E-state index in [0.717, 1.165) is 41.9 Å². The summed E-state index contributed by atoms with van der Waals surface area (Å²) in [5.41, 5.74) is 9.56. The number of unbranched alkanes of at least 4 members (excludes halogenated alkanes) is 1. The first-order valence-corrected chi connectivity index (χ1v) is 9.34. The van der Waals surface area contributed by atoms with E-state index >= 15 is 0 Å². The van der Waals surface area contributed by atoms with Crippen LogP contribution in [0, 0.1) is 6.92 Å². The van der Waals surface area contributed by atoms with Crippen LogP contribution >= 0.6 is 0 Å². The van der Waals surface area contributed by atoms with Crippen molar-refractivity contribution in [3.63, 3.8) is 0 Å². The van der Waals surface area contributed by atoms with E-state index in [0.29, 0.717) is 12.8 Å². The number of rotatable bonds is 10. The molecule has 4 nitrogen and oxygen atoms in total. The summed E-state index contributed by atoms with van der Waals surface area (Å²) in [6, 6.07) is 14.5. The van der Waals surface area contributed by atoms with Crippen LogP contribution < -0.4 is 10.5 Å². The van der Waals surface area contributed by atoms with Gasteiger partial charge in [-0.2, -0.15) is 0 Å². The van der Waals surface area contributed by atoms with E-state index < -0.39 is 5.54 Å². The molecule has 0 atom stereocenters. The summed E-state index contributed by atoms with van der Waals surface area (Å²) in [4.78, 5) is 0. The SMILES string of the molecule is CCCCOc1ccc(C)cc1-c1cccc(CCC(N)(CO)CO)c1. The number of nitrogens with two attached hydrogens (primary N) is 1. The standard InChI is InChI=1S/C22H31NO3/c1-3-4-12-26-21-9-8-17(2)13-20(21)19-7-5-6-18(14-19)10-11-22(23,15-24)16-25/h5-9,13-14,24-25H,3-4,10-12,15-16,23H2,1-2H3. The van der Waals surface area contributed by atoms with Gasteiger partial charge >= 0.3 is 0 Å². The zero-order chi connectivity index (χ0) is 19.0. The highest BCUT2D eigenvalue weighted by Gasteiger charge is 2.22. The maximum Gasteiger partial charge on any atom is 0.127 e. The second-order valence-electron chi connectivity index (χ2n) is 7.08. The van der Waals surface area contributed by atoms with Crippen LogP contribution in [0.3, 0.4) is 0 Å². The Bertz CT molecular complexity index is 696. The summed E-state index contributed by atoms with van der Waals surface area (Å²) in [6.45, 7) is 4.50. The van der Waals surface area contributed by atoms with Gasteiger partial charge in [-0.05, 0) is 49.4 Å². The monoisotopic (exact) mass is 357 g/mol. The Balaban J connectivity index is 2.22. The van der Waals surface area contributed by atoms with E-state index in [1.807, 2.05) is 18.2 Å². The normalized spacial score (nSPS) is 11.6. The van der Waals surface area contributed by atoms with Gasteiger partial charge in [0.1, 0.15) is 5.75 Å². The Kier molecular flexibility index (Phi) is 7.64. The summed E-state index contributed by atoms with van der Waals surface area (Å²) < 4.78 is 5.99. The number of aryl methyl sites for hydroxylation is 2. The highest BCUT2D eigenvalue weighted by atomic mass is 16.5. The van der Waals surface area contributed by atoms with Crippen LogP contribution in [-0.2, 0) is 6.42 Å². The summed E-state index contributed by atoms with van der Waals surface area (Å²) >= 11 is 0. The van der Waals surface area contributed by atoms with Gasteiger partial charge in [-0.3, -0.25) is 0 Å². The average molecular weight is 357 g/mol. The van der Waals surface area contributed by atoms with Gasteiger partial charge in [0.2, 0.25) is 0 Å². The van der Waals surface area contributed by atoms with Crippen molar-refractivity contribution in [2.45, 2.75) is 45.1 Å². The third kappa shape index (κ3) is 5.56. The maximum absolute atomic E-state index is 9.36. The Labute approximate surface area is 156 Å². The fourth-order valence-corrected chi connectivity index (χ4v) is 2.82. The third-order valence-electron chi connectivity index (χ3n) is 4.67. The van der Waals surface area contributed by atoms with E-state index in [1.165, 1.54) is 5.56 Å². The Morgan fingerprint density at radius 2 is 1.85 bits per heavy atom. The van der Waals surface area contributed by atoms with Gasteiger partial charge < -0.3 is 20.7 Å². The van der Waals surface area contributed by atoms with Crippen LogP contribution in [0.25, 0.3) is 11.1 Å². The lowest BCUT2D eigenvalue weighted by Gasteiger charge is -2.24. The molecule has 0 aliphatic carbocycles. The van der Waals surface area contributed by atoms with Gasteiger partial charge in [0.25, 0.3) is 0 Å². The van der Waals surface area contributed by atoms with Crippen molar-refractivity contribution in [2.24, 2.45) is 5.73 Å². The molecular formula is C22H31NO3. The van der Waals surface area contributed by atoms with Crippen LogP contribution in [0.15, 0.2) is 42.5 Å². The minimum atomic E-state index is -0.937. The van der Waals surface area contributed by atoms with E-state index in [4.69, 9.17) is 10.5 Å². The molecule has 0 saturated heterocycles. The van der Waals surface area contributed by atoms with Crippen molar-refractivity contribution in [3.8, 4) is 16.9 Å². The van der Waals surface area contributed by atoms with Crippen LogP contribution in [0.4, 0.5) is 0 Å². The molecule has 4 heteroatoms. The molecule has 0 aliphatic rings. The number of aliphatic hydroxyl groups is 2. The topological polar surface area (TPSA) is 75.7 Å². The molecule has 0 radical (unpaired) electrons. The van der Waals surface area contributed by atoms with E-state index in [-0.39, 0.29) is 13.2 Å². The van der Waals surface area contributed by atoms with Gasteiger partial charge in [-0.25, -0.2) is 0 Å². The zero-order valence-corrected chi connectivity index (χ0v) is 15.9. The van der Waals surface area contributed by atoms with Crippen molar-refractivity contribution >= 4 is 0 Å². The smallest absolute Gasteiger partial charge is 0.127 e. The highest BCUT2D eigenvalue weighted by molar-refractivity contribution is 5.71. The fourth-order valence-electron chi connectivity index (χ4n) is 2.82. The van der Waals surface area contributed by atoms with Crippen LogP contribution in [0.2, 0.25) is 0 Å². The van der Waals surface area contributed by atoms with Crippen LogP contribution in [-0.4, -0.2) is 35.6 Å². The molecule has 0 aliphatic heterocycles. The molecule has 0 unspecified atom stereocenters. The van der Waals surface area contributed by atoms with Crippen molar-refractivity contribution in [1.29, 1.82) is 0 Å². The number of ether oxygens (including phenoxy) is 1. The van der Waals surface area contributed by atoms with Gasteiger partial charge in [0.15, 0.2) is 0 Å². The number of hydrogen-bond donors (Lipinski definition) is 3. The molecule has 0 aromatic heterocycles. The van der Waals surface area contributed by atoms with E-state index in [1.54, 1.807) is 0 Å². The molecule has 142 valence electrons. The molecule has 2 aromatic carbocycles. The predicted molar refractivity (Wildman–Crippen MR) is 106 cm³/mol. The second kappa shape index (κ2) is 9.72.